The van der Waals surface area contributed by atoms with Crippen molar-refractivity contribution in [2.24, 2.45) is 5.92 Å². The molecule has 0 aliphatic heterocycles. The van der Waals surface area contributed by atoms with Crippen LogP contribution in [0.3, 0.4) is 0 Å². The zero-order chi connectivity index (χ0) is 19.1. The van der Waals surface area contributed by atoms with Crippen molar-refractivity contribution >= 4 is 16.8 Å². The summed E-state index contributed by atoms with van der Waals surface area (Å²) in [6.45, 7) is 4.30. The highest BCUT2D eigenvalue weighted by molar-refractivity contribution is 5.79. The third-order valence-electron chi connectivity index (χ3n) is 5.32. The van der Waals surface area contributed by atoms with Crippen molar-refractivity contribution in [2.75, 3.05) is 7.05 Å². The highest BCUT2D eigenvalue weighted by Gasteiger charge is 2.36. The standard InChI is InChI=1S/C21H23N3O3/c1-13-10-17(13)19-9-8-15(27-19)11-23(3)20(25)12-24-14(2)22-18-7-5-4-6-16(18)21(24)26/h4-9,13,17H,10-12H2,1-3H3/t13-,17+/m1/s1. The van der Waals surface area contributed by atoms with E-state index in [2.05, 4.69) is 11.9 Å². The average molecular weight is 365 g/mol. The van der Waals surface area contributed by atoms with Gasteiger partial charge in [0.15, 0.2) is 0 Å². The summed E-state index contributed by atoms with van der Waals surface area (Å²) in [6, 6.07) is 11.1. The Balaban J connectivity index is 1.49. The smallest absolute Gasteiger partial charge is 0.261 e. The van der Waals surface area contributed by atoms with Gasteiger partial charge in [0.2, 0.25) is 5.91 Å². The third-order valence-corrected chi connectivity index (χ3v) is 5.32. The minimum absolute atomic E-state index is 0.0355. The number of amides is 1. The molecule has 1 aromatic carbocycles. The third kappa shape index (κ3) is 3.39. The van der Waals surface area contributed by atoms with E-state index in [1.165, 1.54) is 11.0 Å². The topological polar surface area (TPSA) is 68.3 Å². The van der Waals surface area contributed by atoms with Crippen molar-refractivity contribution in [1.29, 1.82) is 0 Å². The second-order valence-corrected chi connectivity index (χ2v) is 7.44. The number of hydrogen-bond donors (Lipinski definition) is 0. The SMILES string of the molecule is Cc1nc2ccccc2c(=O)n1CC(=O)N(C)Cc1ccc([C@H]2C[C@H]2C)o1. The zero-order valence-electron chi connectivity index (χ0n) is 15.8. The van der Waals surface area contributed by atoms with Crippen LogP contribution in [0.2, 0.25) is 0 Å². The molecule has 1 aliphatic carbocycles. The molecule has 0 unspecified atom stereocenters. The highest BCUT2D eigenvalue weighted by Crippen LogP contribution is 2.47. The molecule has 1 amide bonds. The highest BCUT2D eigenvalue weighted by atomic mass is 16.3. The van der Waals surface area contributed by atoms with E-state index in [0.717, 1.165) is 11.5 Å². The molecule has 6 heteroatoms. The van der Waals surface area contributed by atoms with Gasteiger partial charge in [-0.2, -0.15) is 0 Å². The molecule has 0 radical (unpaired) electrons. The number of furan rings is 1. The van der Waals surface area contributed by atoms with Crippen LogP contribution in [0.25, 0.3) is 10.9 Å². The number of carbonyl (C=O) groups is 1. The summed E-state index contributed by atoms with van der Waals surface area (Å²) in [5.74, 6) is 3.34. The number of carbonyl (C=O) groups excluding carboxylic acids is 1. The number of aryl methyl sites for hydroxylation is 1. The number of fused-ring (bicyclic) bond motifs is 1. The zero-order valence-corrected chi connectivity index (χ0v) is 15.8. The number of nitrogens with zero attached hydrogens (tertiary/aromatic N) is 3. The summed E-state index contributed by atoms with van der Waals surface area (Å²) >= 11 is 0. The number of aromatic nitrogens is 2. The number of para-hydroxylation sites is 1. The van der Waals surface area contributed by atoms with Crippen molar-refractivity contribution in [3.05, 3.63) is 64.1 Å². The van der Waals surface area contributed by atoms with Crippen LogP contribution < -0.4 is 5.56 Å². The molecule has 2 heterocycles. The number of benzene rings is 1. The first-order chi connectivity index (χ1) is 12.9. The molecular weight excluding hydrogens is 342 g/mol. The normalized spacial score (nSPS) is 18.6. The van der Waals surface area contributed by atoms with E-state index in [0.29, 0.717) is 35.1 Å². The Hall–Kier alpha value is -2.89. The lowest BCUT2D eigenvalue weighted by Crippen LogP contribution is -2.35. The maximum atomic E-state index is 12.7. The van der Waals surface area contributed by atoms with Crippen molar-refractivity contribution in [1.82, 2.24) is 14.5 Å². The van der Waals surface area contributed by atoms with Crippen LogP contribution in [0.15, 0.2) is 45.6 Å². The number of rotatable bonds is 5. The lowest BCUT2D eigenvalue weighted by Gasteiger charge is -2.17. The second-order valence-electron chi connectivity index (χ2n) is 7.44. The monoisotopic (exact) mass is 365 g/mol. The number of hydrogen-bond acceptors (Lipinski definition) is 4. The Morgan fingerprint density at radius 2 is 2.04 bits per heavy atom. The van der Waals surface area contributed by atoms with E-state index in [1.54, 1.807) is 37.1 Å². The Labute approximate surface area is 157 Å². The van der Waals surface area contributed by atoms with E-state index in [9.17, 15) is 9.59 Å². The molecule has 3 aromatic rings. The molecule has 4 rings (SSSR count). The van der Waals surface area contributed by atoms with Crippen molar-refractivity contribution in [3.8, 4) is 0 Å². The number of likely N-dealkylation sites (N-methyl/N-ethyl adjacent to an activating group) is 1. The molecule has 140 valence electrons. The van der Waals surface area contributed by atoms with Gasteiger partial charge >= 0.3 is 0 Å². The summed E-state index contributed by atoms with van der Waals surface area (Å²) in [5, 5.41) is 0.521. The van der Waals surface area contributed by atoms with Crippen LogP contribution in [-0.4, -0.2) is 27.4 Å². The second kappa shape index (κ2) is 6.68. The Bertz CT molecular complexity index is 1070. The van der Waals surface area contributed by atoms with Crippen LogP contribution >= 0.6 is 0 Å². The van der Waals surface area contributed by atoms with Gasteiger partial charge in [-0.15, -0.1) is 0 Å². The van der Waals surface area contributed by atoms with Crippen LogP contribution in [-0.2, 0) is 17.9 Å². The molecule has 1 fully saturated rings. The van der Waals surface area contributed by atoms with Crippen molar-refractivity contribution in [3.63, 3.8) is 0 Å². The van der Waals surface area contributed by atoms with Crippen LogP contribution in [0.5, 0.6) is 0 Å². The van der Waals surface area contributed by atoms with E-state index in [1.807, 2.05) is 18.2 Å². The van der Waals surface area contributed by atoms with Gasteiger partial charge < -0.3 is 9.32 Å². The van der Waals surface area contributed by atoms with Gasteiger partial charge in [0, 0.05) is 13.0 Å². The summed E-state index contributed by atoms with van der Waals surface area (Å²) in [5.41, 5.74) is 0.456. The quantitative estimate of drug-likeness (QED) is 0.697. The fourth-order valence-corrected chi connectivity index (χ4v) is 3.44. The summed E-state index contributed by atoms with van der Waals surface area (Å²) in [6.07, 6.45) is 1.17. The van der Waals surface area contributed by atoms with Gasteiger partial charge in [-0.25, -0.2) is 4.98 Å². The molecule has 0 bridgehead atoms. The molecule has 0 spiro atoms. The lowest BCUT2D eigenvalue weighted by atomic mass is 10.2. The first-order valence-electron chi connectivity index (χ1n) is 9.23. The summed E-state index contributed by atoms with van der Waals surface area (Å²) < 4.78 is 7.31. The molecule has 6 nitrogen and oxygen atoms in total. The minimum Gasteiger partial charge on any atom is -0.464 e. The molecule has 2 aromatic heterocycles. The molecule has 0 saturated heterocycles. The van der Waals surface area contributed by atoms with Gasteiger partial charge in [0.05, 0.1) is 17.4 Å². The van der Waals surface area contributed by atoms with E-state index >= 15 is 0 Å². The largest absolute Gasteiger partial charge is 0.464 e. The minimum atomic E-state index is -0.192. The van der Waals surface area contributed by atoms with Gasteiger partial charge in [-0.3, -0.25) is 14.2 Å². The predicted octanol–water partition coefficient (Wildman–Crippen LogP) is 3.08. The molecule has 1 aliphatic rings. The first-order valence-corrected chi connectivity index (χ1v) is 9.23. The Morgan fingerprint density at radius 1 is 1.30 bits per heavy atom. The lowest BCUT2D eigenvalue weighted by molar-refractivity contribution is -0.131. The van der Waals surface area contributed by atoms with E-state index < -0.39 is 0 Å². The molecule has 2 atom stereocenters. The van der Waals surface area contributed by atoms with Gasteiger partial charge in [-0.05, 0) is 43.5 Å². The first kappa shape index (κ1) is 17.5. The van der Waals surface area contributed by atoms with Gasteiger partial charge in [0.1, 0.15) is 23.9 Å². The molecule has 27 heavy (non-hydrogen) atoms. The fourth-order valence-electron chi connectivity index (χ4n) is 3.44. The predicted molar refractivity (Wildman–Crippen MR) is 102 cm³/mol. The van der Waals surface area contributed by atoms with Crippen LogP contribution in [0, 0.1) is 12.8 Å². The summed E-state index contributed by atoms with van der Waals surface area (Å²) in [7, 11) is 1.72. The maximum absolute atomic E-state index is 12.7. The maximum Gasteiger partial charge on any atom is 0.261 e. The van der Waals surface area contributed by atoms with Crippen molar-refractivity contribution in [2.45, 2.75) is 39.3 Å². The Morgan fingerprint density at radius 3 is 2.78 bits per heavy atom. The van der Waals surface area contributed by atoms with Gasteiger partial charge in [-0.1, -0.05) is 19.1 Å². The van der Waals surface area contributed by atoms with E-state index in [-0.39, 0.29) is 18.0 Å². The van der Waals surface area contributed by atoms with Crippen LogP contribution in [0.4, 0.5) is 0 Å². The average Bonchev–Trinajstić information content (AvgIpc) is 3.19. The molecule has 0 N–H and O–H groups in total. The summed E-state index contributed by atoms with van der Waals surface area (Å²) in [4.78, 5) is 31.4. The van der Waals surface area contributed by atoms with E-state index in [4.69, 9.17) is 4.42 Å². The van der Waals surface area contributed by atoms with Crippen molar-refractivity contribution < 1.29 is 9.21 Å². The van der Waals surface area contributed by atoms with Crippen LogP contribution in [0.1, 0.15) is 36.6 Å². The fraction of sp³-hybridized carbons (Fsp3) is 0.381. The molecule has 1 saturated carbocycles. The van der Waals surface area contributed by atoms with Gasteiger partial charge in [0.25, 0.3) is 5.56 Å². The molecular formula is C21H23N3O3. The Kier molecular flexibility index (Phi) is 4.34.